The summed E-state index contributed by atoms with van der Waals surface area (Å²) in [4.78, 5) is 44.7. The summed E-state index contributed by atoms with van der Waals surface area (Å²) in [7, 11) is 4.52. The third-order valence-electron chi connectivity index (χ3n) is 6.75. The lowest BCUT2D eigenvalue weighted by molar-refractivity contribution is -0.146. The topological polar surface area (TPSA) is 116 Å². The maximum Gasteiger partial charge on any atom is 0.328 e. The van der Waals surface area contributed by atoms with Gasteiger partial charge in [-0.1, -0.05) is 30.3 Å². The molecule has 0 spiro atoms. The Morgan fingerprint density at radius 1 is 1.00 bits per heavy atom. The molecular formula is C29H33N3O7S. The Balaban J connectivity index is 1.31. The van der Waals surface area contributed by atoms with E-state index in [0.717, 1.165) is 10.6 Å². The van der Waals surface area contributed by atoms with Crippen molar-refractivity contribution in [3.63, 3.8) is 0 Å². The van der Waals surface area contributed by atoms with Gasteiger partial charge in [-0.25, -0.2) is 9.78 Å². The van der Waals surface area contributed by atoms with Gasteiger partial charge in [0, 0.05) is 24.4 Å². The van der Waals surface area contributed by atoms with Crippen LogP contribution in [0.15, 0.2) is 47.8 Å². The Labute approximate surface area is 237 Å². The molecule has 1 atom stereocenters. The van der Waals surface area contributed by atoms with E-state index in [2.05, 4.69) is 10.3 Å². The molecule has 1 N–H and O–H groups in total. The second-order valence-electron chi connectivity index (χ2n) is 9.31. The van der Waals surface area contributed by atoms with E-state index in [-0.39, 0.29) is 24.1 Å². The average Bonchev–Trinajstić information content (AvgIpc) is 3.50. The molecule has 10 nitrogen and oxygen atoms in total. The van der Waals surface area contributed by atoms with Gasteiger partial charge < -0.3 is 29.2 Å². The highest BCUT2D eigenvalue weighted by molar-refractivity contribution is 7.09. The molecule has 0 aliphatic carbocycles. The second kappa shape index (κ2) is 13.3. The number of carbonyl (C=O) groups excluding carboxylic acids is 3. The van der Waals surface area contributed by atoms with Gasteiger partial charge in [0.25, 0.3) is 11.8 Å². The molecule has 1 aromatic heterocycles. The first-order valence-corrected chi connectivity index (χ1v) is 13.8. The number of benzene rings is 2. The number of methoxy groups -OCH3 is 3. The van der Waals surface area contributed by atoms with Crippen LogP contribution in [-0.2, 0) is 16.1 Å². The van der Waals surface area contributed by atoms with Crippen molar-refractivity contribution in [3.05, 3.63) is 69.7 Å². The minimum absolute atomic E-state index is 0.121. The van der Waals surface area contributed by atoms with Gasteiger partial charge in [-0.05, 0) is 37.5 Å². The third-order valence-corrected chi connectivity index (χ3v) is 7.75. The van der Waals surface area contributed by atoms with Crippen molar-refractivity contribution < 1.29 is 33.3 Å². The standard InChI is InChI=1S/C29H33N3O7S/c1-18(29(35)39-16-19-8-6-5-7-9-19)30-26(33)22-17-40-27(31-22)20-12-14-32(15-13-20)28(34)21-10-11-23(36-2)25(38-4)24(21)37-3/h5-11,17-18,20H,12-16H2,1-4H3,(H,30,33). The minimum atomic E-state index is -0.816. The fraction of sp³-hybridized carbons (Fsp3) is 0.379. The SMILES string of the molecule is COc1ccc(C(=O)N2CCC(c3nc(C(=O)NC(C)C(=O)OCc4ccccc4)cs3)CC2)c(OC)c1OC. The summed E-state index contributed by atoms with van der Waals surface area (Å²) < 4.78 is 21.5. The van der Waals surface area contributed by atoms with Gasteiger partial charge in [-0.3, -0.25) is 9.59 Å². The zero-order valence-electron chi connectivity index (χ0n) is 23.0. The van der Waals surface area contributed by atoms with Gasteiger partial charge in [-0.2, -0.15) is 0 Å². The Morgan fingerprint density at radius 2 is 1.70 bits per heavy atom. The number of thiazole rings is 1. The number of nitrogens with one attached hydrogen (secondary N) is 1. The fourth-order valence-corrected chi connectivity index (χ4v) is 5.50. The number of likely N-dealkylation sites (tertiary alicyclic amines) is 1. The van der Waals surface area contributed by atoms with Gasteiger partial charge in [0.2, 0.25) is 5.75 Å². The molecule has 1 fully saturated rings. The van der Waals surface area contributed by atoms with E-state index in [9.17, 15) is 14.4 Å². The van der Waals surface area contributed by atoms with Crippen molar-refractivity contribution in [2.24, 2.45) is 0 Å². The number of carbonyl (C=O) groups is 3. The molecular weight excluding hydrogens is 534 g/mol. The molecule has 4 rings (SSSR count). The van der Waals surface area contributed by atoms with E-state index >= 15 is 0 Å². The molecule has 1 aliphatic rings. The van der Waals surface area contributed by atoms with Crippen molar-refractivity contribution >= 4 is 29.1 Å². The summed E-state index contributed by atoms with van der Waals surface area (Å²) in [5.74, 6) is 0.216. The first-order valence-electron chi connectivity index (χ1n) is 12.9. The highest BCUT2D eigenvalue weighted by Gasteiger charge is 2.30. The maximum atomic E-state index is 13.3. The molecule has 40 heavy (non-hydrogen) atoms. The number of esters is 1. The summed E-state index contributed by atoms with van der Waals surface area (Å²) in [6, 6.07) is 11.9. The molecule has 3 aromatic rings. The Morgan fingerprint density at radius 3 is 2.35 bits per heavy atom. The number of amides is 2. The molecule has 11 heteroatoms. The monoisotopic (exact) mass is 567 g/mol. The highest BCUT2D eigenvalue weighted by atomic mass is 32.1. The summed E-state index contributed by atoms with van der Waals surface area (Å²) in [5.41, 5.74) is 1.54. The second-order valence-corrected chi connectivity index (χ2v) is 10.2. The molecule has 1 unspecified atom stereocenters. The minimum Gasteiger partial charge on any atom is -0.493 e. The first-order chi connectivity index (χ1) is 19.4. The highest BCUT2D eigenvalue weighted by Crippen LogP contribution is 2.40. The maximum absolute atomic E-state index is 13.3. The Kier molecular flexibility index (Phi) is 9.60. The molecule has 0 saturated carbocycles. The summed E-state index contributed by atoms with van der Waals surface area (Å²) in [6.45, 7) is 2.79. The van der Waals surface area contributed by atoms with Crippen molar-refractivity contribution in [1.29, 1.82) is 0 Å². The van der Waals surface area contributed by atoms with E-state index in [1.807, 2.05) is 30.3 Å². The van der Waals surface area contributed by atoms with Crippen LogP contribution in [0.5, 0.6) is 17.2 Å². The first kappa shape index (κ1) is 28.9. The van der Waals surface area contributed by atoms with Crippen LogP contribution in [0.4, 0.5) is 0 Å². The van der Waals surface area contributed by atoms with Gasteiger partial charge in [0.1, 0.15) is 18.3 Å². The van der Waals surface area contributed by atoms with Gasteiger partial charge >= 0.3 is 5.97 Å². The summed E-state index contributed by atoms with van der Waals surface area (Å²) in [5, 5.41) is 5.19. The van der Waals surface area contributed by atoms with Crippen LogP contribution < -0.4 is 19.5 Å². The zero-order chi connectivity index (χ0) is 28.6. The van der Waals surface area contributed by atoms with Crippen LogP contribution in [0, 0.1) is 0 Å². The van der Waals surface area contributed by atoms with E-state index in [4.69, 9.17) is 18.9 Å². The van der Waals surface area contributed by atoms with Crippen LogP contribution in [0.25, 0.3) is 0 Å². The lowest BCUT2D eigenvalue weighted by Crippen LogP contribution is -2.39. The quantitative estimate of drug-likeness (QED) is 0.365. The average molecular weight is 568 g/mol. The third kappa shape index (κ3) is 6.53. The van der Waals surface area contributed by atoms with E-state index in [0.29, 0.717) is 48.7 Å². The fourth-order valence-electron chi connectivity index (χ4n) is 4.53. The largest absolute Gasteiger partial charge is 0.493 e. The Hall–Kier alpha value is -4.12. The molecule has 212 valence electrons. The van der Waals surface area contributed by atoms with Crippen molar-refractivity contribution in [3.8, 4) is 17.2 Å². The number of hydrogen-bond acceptors (Lipinski definition) is 9. The van der Waals surface area contributed by atoms with Crippen LogP contribution in [0.2, 0.25) is 0 Å². The molecule has 1 saturated heterocycles. The molecule has 2 amide bonds. The van der Waals surface area contributed by atoms with Crippen LogP contribution in [0.1, 0.15) is 57.1 Å². The number of nitrogens with zero attached hydrogens (tertiary/aromatic N) is 2. The smallest absolute Gasteiger partial charge is 0.328 e. The molecule has 1 aliphatic heterocycles. The number of rotatable bonds is 10. The summed E-state index contributed by atoms with van der Waals surface area (Å²) in [6.07, 6.45) is 1.41. The Bertz CT molecular complexity index is 1340. The number of hydrogen-bond donors (Lipinski definition) is 1. The lowest BCUT2D eigenvalue weighted by Gasteiger charge is -2.31. The predicted molar refractivity (Wildman–Crippen MR) is 149 cm³/mol. The van der Waals surface area contributed by atoms with Gasteiger partial charge in [-0.15, -0.1) is 11.3 Å². The number of aromatic nitrogens is 1. The van der Waals surface area contributed by atoms with Crippen LogP contribution in [0.3, 0.4) is 0 Å². The molecule has 2 aromatic carbocycles. The van der Waals surface area contributed by atoms with Gasteiger partial charge in [0.05, 0.1) is 31.9 Å². The molecule has 0 radical (unpaired) electrons. The number of ether oxygens (including phenoxy) is 4. The van der Waals surface area contributed by atoms with E-state index < -0.39 is 17.9 Å². The lowest BCUT2D eigenvalue weighted by atomic mass is 9.97. The van der Waals surface area contributed by atoms with Crippen molar-refractivity contribution in [1.82, 2.24) is 15.2 Å². The molecule has 0 bridgehead atoms. The van der Waals surface area contributed by atoms with Gasteiger partial charge in [0.15, 0.2) is 11.5 Å². The van der Waals surface area contributed by atoms with Crippen molar-refractivity contribution in [2.75, 3.05) is 34.4 Å². The predicted octanol–water partition coefficient (Wildman–Crippen LogP) is 4.05. The summed E-state index contributed by atoms with van der Waals surface area (Å²) >= 11 is 1.41. The molecule has 2 heterocycles. The number of piperidine rings is 1. The van der Waals surface area contributed by atoms with E-state index in [1.54, 1.807) is 29.3 Å². The zero-order valence-corrected chi connectivity index (χ0v) is 23.8. The van der Waals surface area contributed by atoms with Crippen LogP contribution in [-0.4, -0.2) is 68.1 Å². The van der Waals surface area contributed by atoms with E-state index in [1.165, 1.54) is 32.7 Å². The van der Waals surface area contributed by atoms with Crippen molar-refractivity contribution in [2.45, 2.75) is 38.3 Å². The normalized spacial score (nSPS) is 14.2. The van der Waals surface area contributed by atoms with Crippen LogP contribution >= 0.6 is 11.3 Å².